The molecule has 4 heteroatoms. The van der Waals surface area contributed by atoms with Crippen LogP contribution in [-0.2, 0) is 5.41 Å². The summed E-state index contributed by atoms with van der Waals surface area (Å²) in [6.45, 7) is 0.991. The maximum absolute atomic E-state index is 5.80. The predicted molar refractivity (Wildman–Crippen MR) is 45.8 cm³/mol. The summed E-state index contributed by atoms with van der Waals surface area (Å²) in [5.41, 5.74) is 7.26. The standard InChI is InChI=1S/C8H10N4/c9-6-5-7(12-4-11-6)10-3-8(5)1-2-8/h4H,1-3H2,(H3,9,10,11,12). The van der Waals surface area contributed by atoms with Gasteiger partial charge in [-0.1, -0.05) is 0 Å². The largest absolute Gasteiger partial charge is 0.383 e. The third-order valence-corrected chi connectivity index (χ3v) is 2.85. The first kappa shape index (κ1) is 6.22. The van der Waals surface area contributed by atoms with Crippen LogP contribution in [0.15, 0.2) is 6.33 Å². The number of nitrogen functional groups attached to an aromatic ring is 1. The van der Waals surface area contributed by atoms with Gasteiger partial charge in [-0.2, -0.15) is 0 Å². The van der Waals surface area contributed by atoms with E-state index in [0.29, 0.717) is 11.2 Å². The van der Waals surface area contributed by atoms with Crippen LogP contribution in [-0.4, -0.2) is 16.5 Å². The lowest BCUT2D eigenvalue weighted by Gasteiger charge is -2.06. The molecular weight excluding hydrogens is 152 g/mol. The zero-order valence-electron chi connectivity index (χ0n) is 6.67. The zero-order chi connectivity index (χ0) is 8.18. The topological polar surface area (TPSA) is 63.8 Å². The average Bonchev–Trinajstić information content (AvgIpc) is 2.71. The quantitative estimate of drug-likeness (QED) is 0.583. The van der Waals surface area contributed by atoms with Gasteiger partial charge in [-0.05, 0) is 12.8 Å². The van der Waals surface area contributed by atoms with Gasteiger partial charge < -0.3 is 11.1 Å². The minimum Gasteiger partial charge on any atom is -0.383 e. The van der Waals surface area contributed by atoms with Crippen LogP contribution in [0.25, 0.3) is 0 Å². The third kappa shape index (κ3) is 0.581. The highest BCUT2D eigenvalue weighted by atomic mass is 15.1. The summed E-state index contributed by atoms with van der Waals surface area (Å²) in [6, 6.07) is 0. The van der Waals surface area contributed by atoms with Crippen molar-refractivity contribution in [2.24, 2.45) is 0 Å². The molecule has 1 aromatic rings. The SMILES string of the molecule is Nc1ncnc2c1C1(CC1)CN2. The molecule has 1 spiro atoms. The van der Waals surface area contributed by atoms with Crippen LogP contribution in [0.4, 0.5) is 11.6 Å². The van der Waals surface area contributed by atoms with E-state index >= 15 is 0 Å². The fraction of sp³-hybridized carbons (Fsp3) is 0.500. The van der Waals surface area contributed by atoms with Crippen molar-refractivity contribution in [3.63, 3.8) is 0 Å². The van der Waals surface area contributed by atoms with Crippen molar-refractivity contribution >= 4 is 11.6 Å². The molecule has 0 radical (unpaired) electrons. The van der Waals surface area contributed by atoms with E-state index in [9.17, 15) is 0 Å². The summed E-state index contributed by atoms with van der Waals surface area (Å²) in [5.74, 6) is 1.60. The lowest BCUT2D eigenvalue weighted by atomic mass is 10.0. The Morgan fingerprint density at radius 3 is 3.00 bits per heavy atom. The molecule has 3 rings (SSSR count). The van der Waals surface area contributed by atoms with Crippen molar-refractivity contribution in [3.05, 3.63) is 11.9 Å². The van der Waals surface area contributed by atoms with Crippen molar-refractivity contribution < 1.29 is 0 Å². The Labute approximate surface area is 70.2 Å². The Balaban J connectivity index is 2.26. The molecule has 0 atom stereocenters. The number of anilines is 2. The van der Waals surface area contributed by atoms with Gasteiger partial charge in [0.2, 0.25) is 0 Å². The molecule has 2 aliphatic rings. The van der Waals surface area contributed by atoms with E-state index in [2.05, 4.69) is 15.3 Å². The van der Waals surface area contributed by atoms with Gasteiger partial charge in [0, 0.05) is 17.5 Å². The normalized spacial score (nSPS) is 22.0. The van der Waals surface area contributed by atoms with E-state index in [1.807, 2.05) is 0 Å². The predicted octanol–water partition coefficient (Wildman–Crippen LogP) is 0.516. The number of hydrogen-bond donors (Lipinski definition) is 2. The van der Waals surface area contributed by atoms with Gasteiger partial charge >= 0.3 is 0 Å². The zero-order valence-corrected chi connectivity index (χ0v) is 6.67. The Morgan fingerprint density at radius 1 is 1.42 bits per heavy atom. The van der Waals surface area contributed by atoms with Crippen molar-refractivity contribution in [2.45, 2.75) is 18.3 Å². The summed E-state index contributed by atoms with van der Waals surface area (Å²) >= 11 is 0. The summed E-state index contributed by atoms with van der Waals surface area (Å²) in [5, 5.41) is 3.26. The van der Waals surface area contributed by atoms with E-state index in [-0.39, 0.29) is 0 Å². The average molecular weight is 162 g/mol. The first-order valence-corrected chi connectivity index (χ1v) is 4.17. The minimum absolute atomic E-state index is 0.306. The molecule has 1 aromatic heterocycles. The molecule has 0 aromatic carbocycles. The van der Waals surface area contributed by atoms with Gasteiger partial charge in [0.15, 0.2) is 0 Å². The molecule has 3 N–H and O–H groups in total. The highest BCUT2D eigenvalue weighted by Crippen LogP contribution is 2.55. The molecule has 12 heavy (non-hydrogen) atoms. The van der Waals surface area contributed by atoms with Crippen LogP contribution in [0.5, 0.6) is 0 Å². The molecule has 4 nitrogen and oxygen atoms in total. The molecule has 62 valence electrons. The number of hydrogen-bond acceptors (Lipinski definition) is 4. The van der Waals surface area contributed by atoms with Crippen LogP contribution in [0.3, 0.4) is 0 Å². The molecule has 1 fully saturated rings. The summed E-state index contributed by atoms with van der Waals surface area (Å²) in [6.07, 6.45) is 3.97. The fourth-order valence-electron chi connectivity index (χ4n) is 1.98. The van der Waals surface area contributed by atoms with E-state index in [0.717, 1.165) is 17.9 Å². The molecule has 0 bridgehead atoms. The van der Waals surface area contributed by atoms with Crippen LogP contribution < -0.4 is 11.1 Å². The van der Waals surface area contributed by atoms with E-state index in [4.69, 9.17) is 5.73 Å². The summed E-state index contributed by atoms with van der Waals surface area (Å²) < 4.78 is 0. The number of nitrogens with one attached hydrogen (secondary N) is 1. The van der Waals surface area contributed by atoms with Gasteiger partial charge in [-0.15, -0.1) is 0 Å². The van der Waals surface area contributed by atoms with E-state index < -0.39 is 0 Å². The number of nitrogens with zero attached hydrogens (tertiary/aromatic N) is 2. The second-order valence-electron chi connectivity index (χ2n) is 3.62. The van der Waals surface area contributed by atoms with Gasteiger partial charge in [0.05, 0.1) is 0 Å². The van der Waals surface area contributed by atoms with Gasteiger partial charge in [-0.3, -0.25) is 0 Å². The lowest BCUT2D eigenvalue weighted by molar-refractivity contribution is 0.776. The fourth-order valence-corrected chi connectivity index (χ4v) is 1.98. The van der Waals surface area contributed by atoms with Crippen LogP contribution >= 0.6 is 0 Å². The number of nitrogens with two attached hydrogens (primary N) is 1. The molecular formula is C8H10N4. The van der Waals surface area contributed by atoms with Crippen molar-refractivity contribution in [1.82, 2.24) is 9.97 Å². The number of rotatable bonds is 0. The second kappa shape index (κ2) is 1.71. The minimum atomic E-state index is 0.306. The van der Waals surface area contributed by atoms with Gasteiger partial charge in [0.1, 0.15) is 18.0 Å². The Bertz CT molecular complexity index is 343. The molecule has 1 aliphatic heterocycles. The number of aromatic nitrogens is 2. The summed E-state index contributed by atoms with van der Waals surface area (Å²) in [4.78, 5) is 8.17. The van der Waals surface area contributed by atoms with Crippen molar-refractivity contribution in [1.29, 1.82) is 0 Å². The van der Waals surface area contributed by atoms with Crippen molar-refractivity contribution in [2.75, 3.05) is 17.6 Å². The second-order valence-corrected chi connectivity index (χ2v) is 3.62. The smallest absolute Gasteiger partial charge is 0.135 e. The number of fused-ring (bicyclic) bond motifs is 2. The first-order valence-electron chi connectivity index (χ1n) is 4.17. The Hall–Kier alpha value is -1.32. The first-order chi connectivity index (χ1) is 5.82. The summed E-state index contributed by atoms with van der Waals surface area (Å²) in [7, 11) is 0. The van der Waals surface area contributed by atoms with Crippen LogP contribution in [0.2, 0.25) is 0 Å². The maximum Gasteiger partial charge on any atom is 0.135 e. The van der Waals surface area contributed by atoms with Crippen LogP contribution in [0, 0.1) is 0 Å². The van der Waals surface area contributed by atoms with Gasteiger partial charge in [-0.25, -0.2) is 9.97 Å². The third-order valence-electron chi connectivity index (χ3n) is 2.85. The van der Waals surface area contributed by atoms with Crippen molar-refractivity contribution in [3.8, 4) is 0 Å². The molecule has 0 saturated heterocycles. The highest BCUT2D eigenvalue weighted by Gasteiger charge is 2.51. The molecule has 1 saturated carbocycles. The van der Waals surface area contributed by atoms with E-state index in [1.165, 1.54) is 19.2 Å². The van der Waals surface area contributed by atoms with Crippen LogP contribution in [0.1, 0.15) is 18.4 Å². The Morgan fingerprint density at radius 2 is 2.25 bits per heavy atom. The molecule has 0 unspecified atom stereocenters. The highest BCUT2D eigenvalue weighted by molar-refractivity contribution is 5.66. The Kier molecular flexibility index (Phi) is 0.885. The molecule has 0 amide bonds. The maximum atomic E-state index is 5.80. The van der Waals surface area contributed by atoms with E-state index in [1.54, 1.807) is 0 Å². The monoisotopic (exact) mass is 162 g/mol. The lowest BCUT2D eigenvalue weighted by Crippen LogP contribution is -2.10. The van der Waals surface area contributed by atoms with Gasteiger partial charge in [0.25, 0.3) is 0 Å². The molecule has 1 aliphatic carbocycles. The molecule has 2 heterocycles.